The van der Waals surface area contributed by atoms with Crippen LogP contribution in [0, 0.1) is 13.8 Å². The zero-order chi connectivity index (χ0) is 15.5. The molecule has 2 rings (SSSR count). The van der Waals surface area contributed by atoms with Crippen molar-refractivity contribution in [1.82, 2.24) is 5.32 Å². The molecular formula is C17H18F3N. The second kappa shape index (κ2) is 6.31. The molecule has 0 saturated carbocycles. The highest BCUT2D eigenvalue weighted by Crippen LogP contribution is 2.29. The molecule has 0 fully saturated rings. The Morgan fingerprint density at radius 2 is 1.43 bits per heavy atom. The molecule has 0 aromatic heterocycles. The van der Waals surface area contributed by atoms with Gasteiger partial charge in [-0.2, -0.15) is 13.2 Å². The van der Waals surface area contributed by atoms with Crippen LogP contribution >= 0.6 is 0 Å². The minimum atomic E-state index is -4.27. The van der Waals surface area contributed by atoms with Gasteiger partial charge in [0.1, 0.15) is 0 Å². The minimum absolute atomic E-state index is 0.548. The molecule has 2 aromatic rings. The highest BCUT2D eigenvalue weighted by molar-refractivity contribution is 5.33. The molecule has 0 bridgehead atoms. The summed E-state index contributed by atoms with van der Waals surface area (Å²) in [7, 11) is 0. The molecule has 0 aliphatic heterocycles. The molecule has 0 saturated heterocycles. The van der Waals surface area contributed by atoms with Gasteiger partial charge in [-0.25, -0.2) is 0 Å². The molecule has 0 unspecified atom stereocenters. The fraction of sp³-hybridized carbons (Fsp3) is 0.294. The molecule has 0 aliphatic carbocycles. The van der Waals surface area contributed by atoms with Gasteiger partial charge in [-0.1, -0.05) is 30.3 Å². The highest BCUT2D eigenvalue weighted by atomic mass is 19.4. The van der Waals surface area contributed by atoms with Crippen LogP contribution in [-0.2, 0) is 19.3 Å². The van der Waals surface area contributed by atoms with Gasteiger partial charge in [-0.3, -0.25) is 0 Å². The lowest BCUT2D eigenvalue weighted by molar-refractivity contribution is -0.137. The Balaban J connectivity index is 1.95. The normalized spacial score (nSPS) is 11.7. The lowest BCUT2D eigenvalue weighted by Crippen LogP contribution is -2.14. The second-order valence-electron chi connectivity index (χ2n) is 5.17. The van der Waals surface area contributed by atoms with E-state index >= 15 is 0 Å². The summed E-state index contributed by atoms with van der Waals surface area (Å²) in [5.74, 6) is 0. The molecule has 1 nitrogen and oxygen atoms in total. The Labute approximate surface area is 122 Å². The minimum Gasteiger partial charge on any atom is -0.309 e. The predicted molar refractivity (Wildman–Crippen MR) is 77.9 cm³/mol. The zero-order valence-electron chi connectivity index (χ0n) is 12.1. The Bertz CT molecular complexity index is 580. The van der Waals surface area contributed by atoms with Gasteiger partial charge in [0, 0.05) is 13.1 Å². The van der Waals surface area contributed by atoms with Crippen molar-refractivity contribution in [2.24, 2.45) is 0 Å². The van der Waals surface area contributed by atoms with Gasteiger partial charge in [0.05, 0.1) is 5.56 Å². The molecule has 0 spiro atoms. The van der Waals surface area contributed by atoms with E-state index in [2.05, 4.69) is 31.3 Å². The second-order valence-corrected chi connectivity index (χ2v) is 5.17. The largest absolute Gasteiger partial charge is 0.416 e. The van der Waals surface area contributed by atoms with Crippen LogP contribution in [0.1, 0.15) is 27.8 Å². The fourth-order valence-corrected chi connectivity index (χ4v) is 2.27. The van der Waals surface area contributed by atoms with Gasteiger partial charge < -0.3 is 5.32 Å². The summed E-state index contributed by atoms with van der Waals surface area (Å²) in [6, 6.07) is 11.4. The molecule has 0 atom stereocenters. The van der Waals surface area contributed by atoms with Crippen LogP contribution < -0.4 is 5.32 Å². The zero-order valence-corrected chi connectivity index (χ0v) is 12.1. The summed E-state index contributed by atoms with van der Waals surface area (Å²) >= 11 is 0. The van der Waals surface area contributed by atoms with Crippen LogP contribution in [0.3, 0.4) is 0 Å². The van der Waals surface area contributed by atoms with Crippen LogP contribution in [0.15, 0.2) is 42.5 Å². The van der Waals surface area contributed by atoms with Gasteiger partial charge in [0.2, 0.25) is 0 Å². The SMILES string of the molecule is Cc1cccc(C)c1CNCc1ccc(C(F)(F)F)cc1. The van der Waals surface area contributed by atoms with Crippen molar-refractivity contribution in [2.75, 3.05) is 0 Å². The van der Waals surface area contributed by atoms with Crippen LogP contribution in [0.2, 0.25) is 0 Å². The predicted octanol–water partition coefficient (Wildman–Crippen LogP) is 4.61. The number of alkyl halides is 3. The number of nitrogens with one attached hydrogen (secondary N) is 1. The molecule has 0 heterocycles. The van der Waals surface area contributed by atoms with E-state index in [-0.39, 0.29) is 0 Å². The van der Waals surface area contributed by atoms with Crippen LogP contribution in [-0.4, -0.2) is 0 Å². The third-order valence-electron chi connectivity index (χ3n) is 3.56. The van der Waals surface area contributed by atoms with Gasteiger partial charge in [0.15, 0.2) is 0 Å². The molecule has 21 heavy (non-hydrogen) atoms. The van der Waals surface area contributed by atoms with Crippen LogP contribution in [0.4, 0.5) is 13.2 Å². The van der Waals surface area contributed by atoms with E-state index in [9.17, 15) is 13.2 Å². The van der Waals surface area contributed by atoms with Crippen molar-refractivity contribution in [2.45, 2.75) is 33.1 Å². The maximum Gasteiger partial charge on any atom is 0.416 e. The van der Waals surface area contributed by atoms with Crippen LogP contribution in [0.25, 0.3) is 0 Å². The first-order chi connectivity index (χ1) is 9.88. The lowest BCUT2D eigenvalue weighted by Gasteiger charge is -2.11. The van der Waals surface area contributed by atoms with Gasteiger partial charge in [-0.15, -0.1) is 0 Å². The summed E-state index contributed by atoms with van der Waals surface area (Å²) < 4.78 is 37.4. The van der Waals surface area contributed by atoms with E-state index in [1.807, 2.05) is 6.07 Å². The van der Waals surface area contributed by atoms with E-state index in [0.717, 1.165) is 17.7 Å². The van der Waals surface area contributed by atoms with E-state index in [1.54, 1.807) is 0 Å². The average Bonchev–Trinajstić information content (AvgIpc) is 2.42. The molecule has 2 aromatic carbocycles. The maximum atomic E-state index is 12.5. The van der Waals surface area contributed by atoms with Crippen molar-refractivity contribution in [3.8, 4) is 0 Å². The third kappa shape index (κ3) is 4.08. The number of hydrogen-bond acceptors (Lipinski definition) is 1. The summed E-state index contributed by atoms with van der Waals surface area (Å²) in [6.07, 6.45) is -4.27. The lowest BCUT2D eigenvalue weighted by atomic mass is 10.0. The van der Waals surface area contributed by atoms with E-state index in [4.69, 9.17) is 0 Å². The van der Waals surface area contributed by atoms with Crippen molar-refractivity contribution < 1.29 is 13.2 Å². The Hall–Kier alpha value is -1.81. The Kier molecular flexibility index (Phi) is 4.68. The van der Waals surface area contributed by atoms with Gasteiger partial charge >= 0.3 is 6.18 Å². The number of benzene rings is 2. The Morgan fingerprint density at radius 3 is 1.95 bits per heavy atom. The fourth-order valence-electron chi connectivity index (χ4n) is 2.27. The van der Waals surface area contributed by atoms with Crippen molar-refractivity contribution >= 4 is 0 Å². The molecular weight excluding hydrogens is 275 g/mol. The summed E-state index contributed by atoms with van der Waals surface area (Å²) in [6.45, 7) is 5.37. The smallest absolute Gasteiger partial charge is 0.309 e. The van der Waals surface area contributed by atoms with Gasteiger partial charge in [-0.05, 0) is 48.2 Å². The van der Waals surface area contributed by atoms with E-state index in [1.165, 1.54) is 28.8 Å². The van der Waals surface area contributed by atoms with E-state index in [0.29, 0.717) is 13.1 Å². The quantitative estimate of drug-likeness (QED) is 0.868. The maximum absolute atomic E-state index is 12.5. The molecule has 4 heteroatoms. The number of aryl methyl sites for hydroxylation is 2. The number of hydrogen-bond donors (Lipinski definition) is 1. The van der Waals surface area contributed by atoms with Crippen LogP contribution in [0.5, 0.6) is 0 Å². The van der Waals surface area contributed by atoms with Crippen molar-refractivity contribution in [1.29, 1.82) is 0 Å². The molecule has 0 amide bonds. The summed E-state index contributed by atoms with van der Waals surface area (Å²) in [5, 5.41) is 3.28. The first-order valence-corrected chi connectivity index (χ1v) is 6.80. The first kappa shape index (κ1) is 15.6. The molecule has 112 valence electrons. The first-order valence-electron chi connectivity index (χ1n) is 6.80. The summed E-state index contributed by atoms with van der Waals surface area (Å²) in [5.41, 5.74) is 3.91. The topological polar surface area (TPSA) is 12.0 Å². The summed E-state index contributed by atoms with van der Waals surface area (Å²) in [4.78, 5) is 0. The molecule has 0 radical (unpaired) electrons. The standard InChI is InChI=1S/C17H18F3N/c1-12-4-3-5-13(2)16(12)11-21-10-14-6-8-15(9-7-14)17(18,19)20/h3-9,21H,10-11H2,1-2H3. The number of halogens is 3. The number of rotatable bonds is 4. The van der Waals surface area contributed by atoms with Gasteiger partial charge in [0.25, 0.3) is 0 Å². The average molecular weight is 293 g/mol. The highest BCUT2D eigenvalue weighted by Gasteiger charge is 2.29. The third-order valence-corrected chi connectivity index (χ3v) is 3.56. The molecule has 1 N–H and O–H groups in total. The molecule has 0 aliphatic rings. The van der Waals surface area contributed by atoms with E-state index < -0.39 is 11.7 Å². The van der Waals surface area contributed by atoms with Crippen molar-refractivity contribution in [3.63, 3.8) is 0 Å². The van der Waals surface area contributed by atoms with Crippen molar-refractivity contribution in [3.05, 3.63) is 70.3 Å². The Morgan fingerprint density at radius 1 is 0.857 bits per heavy atom. The monoisotopic (exact) mass is 293 g/mol.